The van der Waals surface area contributed by atoms with Gasteiger partial charge in [0.2, 0.25) is 0 Å². The zero-order valence-electron chi connectivity index (χ0n) is 19.2. The Morgan fingerprint density at radius 3 is 2.39 bits per heavy atom. The second-order valence-electron chi connectivity index (χ2n) is 8.27. The van der Waals surface area contributed by atoms with Gasteiger partial charge in [0, 0.05) is 18.9 Å². The number of hydrogen-bond donors (Lipinski definition) is 1. The number of ether oxygens (including phenoxy) is 3. The van der Waals surface area contributed by atoms with Gasteiger partial charge < -0.3 is 29.1 Å². The minimum absolute atomic E-state index is 0.199. The smallest absolute Gasteiger partial charge is 0.257 e. The van der Waals surface area contributed by atoms with Gasteiger partial charge in [-0.1, -0.05) is 13.0 Å². The first kappa shape index (κ1) is 23.2. The summed E-state index contributed by atoms with van der Waals surface area (Å²) in [5.41, 5.74) is 0.867. The first-order valence-electron chi connectivity index (χ1n) is 11.5. The minimum Gasteiger partial charge on any atom is -0.497 e. The van der Waals surface area contributed by atoms with E-state index in [0.717, 1.165) is 36.6 Å². The van der Waals surface area contributed by atoms with E-state index in [9.17, 15) is 9.90 Å². The van der Waals surface area contributed by atoms with Gasteiger partial charge in [0.05, 0.1) is 7.11 Å². The molecule has 1 fully saturated rings. The van der Waals surface area contributed by atoms with E-state index in [4.69, 9.17) is 19.0 Å². The number of benzene rings is 2. The van der Waals surface area contributed by atoms with Crippen LogP contribution in [0.15, 0.2) is 42.5 Å². The first-order chi connectivity index (χ1) is 16.1. The maximum atomic E-state index is 12.8. The third kappa shape index (κ3) is 5.51. The lowest BCUT2D eigenvalue weighted by molar-refractivity contribution is -0.197. The highest BCUT2D eigenvalue weighted by atomic mass is 16.7. The highest BCUT2D eigenvalue weighted by Crippen LogP contribution is 2.35. The molecule has 4 rings (SSSR count). The van der Waals surface area contributed by atoms with E-state index < -0.39 is 12.1 Å². The normalized spacial score (nSPS) is 17.3. The van der Waals surface area contributed by atoms with Gasteiger partial charge in [-0.2, -0.15) is 0 Å². The summed E-state index contributed by atoms with van der Waals surface area (Å²) in [6, 6.07) is 12.6. The van der Waals surface area contributed by atoms with Crippen molar-refractivity contribution < 1.29 is 28.9 Å². The second kappa shape index (κ2) is 10.8. The molecule has 1 amide bonds. The van der Waals surface area contributed by atoms with Crippen LogP contribution in [0.25, 0.3) is 0 Å². The molecule has 2 aromatic rings. The zero-order chi connectivity index (χ0) is 23.2. The Hall–Kier alpha value is -2.97. The summed E-state index contributed by atoms with van der Waals surface area (Å²) in [4.78, 5) is 21.1. The van der Waals surface area contributed by atoms with E-state index in [-0.39, 0.29) is 12.3 Å². The molecule has 0 radical (unpaired) electrons. The molecule has 1 N–H and O–H groups in total. The number of aliphatic hydroxyl groups excluding tert-OH is 1. The second-order valence-corrected chi connectivity index (χ2v) is 8.27. The molecule has 178 valence electrons. The monoisotopic (exact) mass is 456 g/mol. The summed E-state index contributed by atoms with van der Waals surface area (Å²) < 4.78 is 16.6. The summed E-state index contributed by atoms with van der Waals surface area (Å²) >= 11 is 0. The van der Waals surface area contributed by atoms with Crippen LogP contribution in [0, 0.1) is 0 Å². The van der Waals surface area contributed by atoms with Crippen LogP contribution < -0.4 is 19.0 Å². The third-order valence-electron chi connectivity index (χ3n) is 6.06. The number of fused-ring (bicyclic) bond motifs is 1. The number of amides is 1. The first-order valence-corrected chi connectivity index (χ1v) is 11.5. The van der Waals surface area contributed by atoms with Crippen LogP contribution in [0.1, 0.15) is 37.7 Å². The molecule has 2 aromatic carbocycles. The van der Waals surface area contributed by atoms with Crippen LogP contribution in [0.3, 0.4) is 0 Å². The molecular formula is C25H32N2O6. The highest BCUT2D eigenvalue weighted by molar-refractivity contribution is 5.75. The molecule has 0 spiro atoms. The predicted octanol–water partition coefficient (Wildman–Crippen LogP) is 3.20. The van der Waals surface area contributed by atoms with Crippen molar-refractivity contribution in [2.24, 2.45) is 0 Å². The number of carbonyl (C=O) groups is 1. The fourth-order valence-corrected chi connectivity index (χ4v) is 4.23. The Morgan fingerprint density at radius 2 is 1.73 bits per heavy atom. The van der Waals surface area contributed by atoms with E-state index in [1.54, 1.807) is 38.3 Å². The van der Waals surface area contributed by atoms with E-state index in [1.165, 1.54) is 0 Å². The van der Waals surface area contributed by atoms with Gasteiger partial charge in [-0.25, -0.2) is 0 Å². The maximum absolute atomic E-state index is 12.8. The molecule has 8 heteroatoms. The summed E-state index contributed by atoms with van der Waals surface area (Å²) in [7, 11) is 1.59. The quantitative estimate of drug-likeness (QED) is 0.458. The van der Waals surface area contributed by atoms with E-state index in [1.807, 2.05) is 18.2 Å². The van der Waals surface area contributed by atoms with E-state index >= 15 is 0 Å². The number of hydrogen-bond acceptors (Lipinski definition) is 7. The van der Waals surface area contributed by atoms with Crippen LogP contribution in [0.5, 0.6) is 23.0 Å². The van der Waals surface area contributed by atoms with Crippen LogP contribution >= 0.6 is 0 Å². The van der Waals surface area contributed by atoms with Crippen LogP contribution in [-0.2, 0) is 4.79 Å². The number of nitrogens with zero attached hydrogens (tertiary/aromatic N) is 2. The Balaban J connectivity index is 1.62. The maximum Gasteiger partial charge on any atom is 0.257 e. The van der Waals surface area contributed by atoms with Crippen molar-refractivity contribution in [1.29, 1.82) is 0 Å². The average Bonchev–Trinajstić information content (AvgIpc) is 3.38. The lowest BCUT2D eigenvalue weighted by atomic mass is 9.95. The SMILES string of the molecule is CCC(=O)N(Oc1ccc(OC)cc1)[C@H](O)[C@H](CN1CCCC1)c1ccc2c(c1)OCCO2. The number of rotatable bonds is 9. The van der Waals surface area contributed by atoms with Gasteiger partial charge in [0.15, 0.2) is 23.5 Å². The van der Waals surface area contributed by atoms with Crippen molar-refractivity contribution >= 4 is 5.91 Å². The van der Waals surface area contributed by atoms with Crippen molar-refractivity contribution in [1.82, 2.24) is 9.96 Å². The minimum atomic E-state index is -1.19. The number of hydroxylamine groups is 2. The summed E-state index contributed by atoms with van der Waals surface area (Å²) in [5.74, 6) is 1.77. The standard InChI is InChI=1S/C25H32N2O6/c1-3-24(28)27(33-20-9-7-19(30-2)8-10-20)25(29)21(17-26-12-4-5-13-26)18-6-11-22-23(16-18)32-15-14-31-22/h6-11,16,21,25,29H,3-5,12-15,17H2,1-2H3/t21-,25-/m1/s1. The molecule has 2 aliphatic rings. The van der Waals surface area contributed by atoms with Crippen LogP contribution in [-0.4, -0.2) is 67.2 Å². The van der Waals surface area contributed by atoms with E-state index in [2.05, 4.69) is 4.90 Å². The van der Waals surface area contributed by atoms with Crippen molar-refractivity contribution in [3.8, 4) is 23.0 Å². The van der Waals surface area contributed by atoms with Gasteiger partial charge in [-0.15, -0.1) is 5.06 Å². The molecule has 0 bridgehead atoms. The topological polar surface area (TPSA) is 80.7 Å². The van der Waals surface area contributed by atoms with Gasteiger partial charge in [-0.3, -0.25) is 4.79 Å². The van der Waals surface area contributed by atoms with Crippen LogP contribution in [0.2, 0.25) is 0 Å². The van der Waals surface area contributed by atoms with Crippen LogP contribution in [0.4, 0.5) is 0 Å². The van der Waals surface area contributed by atoms with Gasteiger partial charge in [-0.05, 0) is 67.9 Å². The molecule has 1 saturated heterocycles. The number of carbonyl (C=O) groups excluding carboxylic acids is 1. The fraction of sp³-hybridized carbons (Fsp3) is 0.480. The largest absolute Gasteiger partial charge is 0.497 e. The van der Waals surface area contributed by atoms with Gasteiger partial charge in [0.1, 0.15) is 19.0 Å². The molecule has 33 heavy (non-hydrogen) atoms. The van der Waals surface area contributed by atoms with Gasteiger partial charge >= 0.3 is 0 Å². The lowest BCUT2D eigenvalue weighted by Gasteiger charge is -2.35. The Morgan fingerprint density at radius 1 is 1.06 bits per heavy atom. The Bertz CT molecular complexity index is 929. The Kier molecular flexibility index (Phi) is 7.57. The Labute approximate surface area is 194 Å². The molecule has 0 unspecified atom stereocenters. The van der Waals surface area contributed by atoms with Crippen molar-refractivity contribution in [3.63, 3.8) is 0 Å². The fourth-order valence-electron chi connectivity index (χ4n) is 4.23. The van der Waals surface area contributed by atoms with E-state index in [0.29, 0.717) is 42.8 Å². The molecule has 2 heterocycles. The molecule has 8 nitrogen and oxygen atoms in total. The molecule has 2 atom stereocenters. The molecular weight excluding hydrogens is 424 g/mol. The summed E-state index contributed by atoms with van der Waals surface area (Å²) in [6.07, 6.45) is 1.27. The van der Waals surface area contributed by atoms with Crippen molar-refractivity contribution in [3.05, 3.63) is 48.0 Å². The predicted molar refractivity (Wildman–Crippen MR) is 123 cm³/mol. The number of likely N-dealkylation sites (tertiary alicyclic amines) is 1. The zero-order valence-corrected chi connectivity index (χ0v) is 19.2. The number of methoxy groups -OCH3 is 1. The average molecular weight is 457 g/mol. The van der Waals surface area contributed by atoms with Gasteiger partial charge in [0.25, 0.3) is 5.91 Å². The number of aliphatic hydroxyl groups is 1. The molecule has 0 saturated carbocycles. The third-order valence-corrected chi connectivity index (χ3v) is 6.06. The molecule has 0 aliphatic carbocycles. The summed E-state index contributed by atoms with van der Waals surface area (Å²) in [5, 5.41) is 12.6. The molecule has 2 aliphatic heterocycles. The lowest BCUT2D eigenvalue weighted by Crippen LogP contribution is -2.48. The highest BCUT2D eigenvalue weighted by Gasteiger charge is 2.34. The van der Waals surface area contributed by atoms with Crippen molar-refractivity contribution in [2.75, 3.05) is 40.0 Å². The molecule has 0 aromatic heterocycles. The van der Waals surface area contributed by atoms with Crippen molar-refractivity contribution in [2.45, 2.75) is 38.3 Å². The summed E-state index contributed by atoms with van der Waals surface area (Å²) in [6.45, 7) is 5.28.